The van der Waals surface area contributed by atoms with Crippen LogP contribution in [0.5, 0.6) is 0 Å². The summed E-state index contributed by atoms with van der Waals surface area (Å²) >= 11 is 0. The Bertz CT molecular complexity index is 602. The molecule has 0 saturated heterocycles. The fourth-order valence-electron chi connectivity index (χ4n) is 2.00. The number of rotatable bonds is 7. The van der Waals surface area contributed by atoms with Crippen LogP contribution in [0.3, 0.4) is 0 Å². The van der Waals surface area contributed by atoms with Crippen molar-refractivity contribution < 1.29 is 17.6 Å². The van der Waals surface area contributed by atoms with Crippen LogP contribution in [0.1, 0.15) is 25.8 Å². The van der Waals surface area contributed by atoms with Gasteiger partial charge in [-0.25, -0.2) is 17.5 Å². The van der Waals surface area contributed by atoms with E-state index < -0.39 is 15.8 Å². The van der Waals surface area contributed by atoms with Crippen molar-refractivity contribution in [3.8, 4) is 0 Å². The van der Waals surface area contributed by atoms with Gasteiger partial charge in [-0.1, -0.05) is 6.92 Å². The quantitative estimate of drug-likeness (QED) is 0.832. The maximum atomic E-state index is 13.0. The van der Waals surface area contributed by atoms with Crippen molar-refractivity contribution in [1.29, 1.82) is 0 Å². The van der Waals surface area contributed by atoms with E-state index in [0.29, 0.717) is 18.7 Å². The maximum absolute atomic E-state index is 13.0. The minimum atomic E-state index is -3.70. The number of carbonyl (C=O) groups is 1. The van der Waals surface area contributed by atoms with Gasteiger partial charge in [-0.05, 0) is 37.1 Å². The molecule has 1 aromatic rings. The fourth-order valence-corrected chi connectivity index (χ4v) is 3.25. The molecule has 1 aromatic carbocycles. The summed E-state index contributed by atoms with van der Waals surface area (Å²) in [6, 6.07) is 3.52. The highest BCUT2D eigenvalue weighted by Gasteiger charge is 2.17. The van der Waals surface area contributed by atoms with Crippen LogP contribution in [0.15, 0.2) is 23.1 Å². The first-order chi connectivity index (χ1) is 9.77. The van der Waals surface area contributed by atoms with Crippen molar-refractivity contribution in [2.75, 3.05) is 19.6 Å². The van der Waals surface area contributed by atoms with Gasteiger partial charge in [0.1, 0.15) is 5.82 Å². The van der Waals surface area contributed by atoms with Crippen LogP contribution in [0.25, 0.3) is 0 Å². The molecular weight excluding hydrogens is 295 g/mol. The molecule has 1 N–H and O–H groups in total. The second kappa shape index (κ2) is 7.51. The molecule has 0 radical (unpaired) electrons. The highest BCUT2D eigenvalue weighted by atomic mass is 32.2. The first-order valence-electron chi connectivity index (χ1n) is 6.79. The standard InChI is InChI=1S/C14H21FN2O3S/c1-4-8-17(12(3)18)9-7-16-21(19,20)14-6-5-13(15)10-11(14)2/h5-6,10,16H,4,7-9H2,1-3H3. The average molecular weight is 316 g/mol. The number of carbonyl (C=O) groups excluding carboxylic acids is 1. The second-order valence-electron chi connectivity index (χ2n) is 4.81. The molecule has 0 aromatic heterocycles. The summed E-state index contributed by atoms with van der Waals surface area (Å²) < 4.78 is 39.7. The first-order valence-corrected chi connectivity index (χ1v) is 8.27. The normalized spacial score (nSPS) is 11.4. The molecule has 0 bridgehead atoms. The lowest BCUT2D eigenvalue weighted by molar-refractivity contribution is -0.128. The van der Waals surface area contributed by atoms with Gasteiger partial charge in [-0.2, -0.15) is 0 Å². The summed E-state index contributed by atoms with van der Waals surface area (Å²) in [7, 11) is -3.70. The van der Waals surface area contributed by atoms with Crippen LogP contribution in [0, 0.1) is 12.7 Å². The van der Waals surface area contributed by atoms with E-state index in [1.165, 1.54) is 26.0 Å². The third-order valence-corrected chi connectivity index (χ3v) is 4.66. The molecular formula is C14H21FN2O3S. The van der Waals surface area contributed by atoms with Crippen LogP contribution < -0.4 is 4.72 Å². The molecule has 0 unspecified atom stereocenters. The van der Waals surface area contributed by atoms with Crippen molar-refractivity contribution in [3.63, 3.8) is 0 Å². The number of nitrogens with zero attached hydrogens (tertiary/aromatic N) is 1. The Morgan fingerprint density at radius 3 is 2.52 bits per heavy atom. The maximum Gasteiger partial charge on any atom is 0.240 e. The Morgan fingerprint density at radius 2 is 2.00 bits per heavy atom. The number of aryl methyl sites for hydroxylation is 1. The highest BCUT2D eigenvalue weighted by Crippen LogP contribution is 2.15. The summed E-state index contributed by atoms with van der Waals surface area (Å²) in [6.07, 6.45) is 0.809. The largest absolute Gasteiger partial charge is 0.342 e. The molecule has 118 valence electrons. The molecule has 0 saturated carbocycles. The average Bonchev–Trinajstić information content (AvgIpc) is 2.36. The molecule has 0 heterocycles. The Labute approximate surface area is 125 Å². The van der Waals surface area contributed by atoms with Gasteiger partial charge in [-0.15, -0.1) is 0 Å². The number of hydrogen-bond donors (Lipinski definition) is 1. The summed E-state index contributed by atoms with van der Waals surface area (Å²) in [5.74, 6) is -0.564. The van der Waals surface area contributed by atoms with Gasteiger partial charge in [0.15, 0.2) is 0 Å². The van der Waals surface area contributed by atoms with E-state index in [4.69, 9.17) is 0 Å². The molecule has 1 amide bonds. The predicted molar refractivity (Wildman–Crippen MR) is 78.9 cm³/mol. The van der Waals surface area contributed by atoms with Crippen LogP contribution in [0.4, 0.5) is 4.39 Å². The van der Waals surface area contributed by atoms with E-state index in [1.807, 2.05) is 6.92 Å². The minimum absolute atomic E-state index is 0.0498. The Kier molecular flexibility index (Phi) is 6.29. The zero-order valence-electron chi connectivity index (χ0n) is 12.5. The van der Waals surface area contributed by atoms with Crippen molar-refractivity contribution in [2.24, 2.45) is 0 Å². The van der Waals surface area contributed by atoms with E-state index in [9.17, 15) is 17.6 Å². The first kappa shape index (κ1) is 17.6. The third-order valence-electron chi connectivity index (χ3n) is 3.04. The lowest BCUT2D eigenvalue weighted by atomic mass is 10.2. The molecule has 7 heteroatoms. The SMILES string of the molecule is CCCN(CCNS(=O)(=O)c1ccc(F)cc1C)C(C)=O. The van der Waals surface area contributed by atoms with Gasteiger partial charge in [-0.3, -0.25) is 4.79 Å². The Hall–Kier alpha value is -1.47. The molecule has 0 atom stereocenters. The van der Waals surface area contributed by atoms with Crippen molar-refractivity contribution in [3.05, 3.63) is 29.6 Å². The topological polar surface area (TPSA) is 66.5 Å². The lowest BCUT2D eigenvalue weighted by Gasteiger charge is -2.20. The number of benzene rings is 1. The van der Waals surface area contributed by atoms with Crippen LogP contribution >= 0.6 is 0 Å². The summed E-state index contributed by atoms with van der Waals surface area (Å²) in [4.78, 5) is 13.0. The van der Waals surface area contributed by atoms with Gasteiger partial charge >= 0.3 is 0 Å². The number of amides is 1. The Balaban J connectivity index is 2.71. The number of sulfonamides is 1. The van der Waals surface area contributed by atoms with Gasteiger partial charge in [0.2, 0.25) is 15.9 Å². The number of hydrogen-bond acceptors (Lipinski definition) is 3. The summed E-state index contributed by atoms with van der Waals surface area (Å²) in [5, 5.41) is 0. The van der Waals surface area contributed by atoms with Gasteiger partial charge in [0.05, 0.1) is 4.90 Å². The monoisotopic (exact) mass is 316 g/mol. The van der Waals surface area contributed by atoms with Crippen LogP contribution in [0.2, 0.25) is 0 Å². The van der Waals surface area contributed by atoms with Crippen LogP contribution in [-0.2, 0) is 14.8 Å². The fraction of sp³-hybridized carbons (Fsp3) is 0.500. The second-order valence-corrected chi connectivity index (χ2v) is 6.55. The third kappa shape index (κ3) is 5.09. The highest BCUT2D eigenvalue weighted by molar-refractivity contribution is 7.89. The zero-order chi connectivity index (χ0) is 16.0. The number of nitrogens with one attached hydrogen (secondary N) is 1. The van der Waals surface area contributed by atoms with Crippen molar-refractivity contribution >= 4 is 15.9 Å². The molecule has 0 aliphatic carbocycles. The molecule has 5 nitrogen and oxygen atoms in total. The minimum Gasteiger partial charge on any atom is -0.342 e. The predicted octanol–water partition coefficient (Wildman–Crippen LogP) is 1.67. The van der Waals surface area contributed by atoms with E-state index >= 15 is 0 Å². The molecule has 0 fully saturated rings. The van der Waals surface area contributed by atoms with Crippen molar-refractivity contribution in [2.45, 2.75) is 32.1 Å². The summed E-state index contributed by atoms with van der Waals surface area (Å²) in [6.45, 7) is 5.96. The molecule has 21 heavy (non-hydrogen) atoms. The molecule has 0 aliphatic heterocycles. The van der Waals surface area contributed by atoms with E-state index in [-0.39, 0.29) is 17.3 Å². The lowest BCUT2D eigenvalue weighted by Crippen LogP contribution is -2.38. The van der Waals surface area contributed by atoms with E-state index in [0.717, 1.165) is 12.5 Å². The van der Waals surface area contributed by atoms with Gasteiger partial charge in [0.25, 0.3) is 0 Å². The summed E-state index contributed by atoms with van der Waals surface area (Å²) in [5.41, 5.74) is 0.347. The molecule has 1 rings (SSSR count). The van der Waals surface area contributed by atoms with Crippen molar-refractivity contribution in [1.82, 2.24) is 9.62 Å². The smallest absolute Gasteiger partial charge is 0.240 e. The molecule has 0 spiro atoms. The van der Waals surface area contributed by atoms with E-state index in [2.05, 4.69) is 4.72 Å². The van der Waals surface area contributed by atoms with Gasteiger partial charge < -0.3 is 4.90 Å². The van der Waals surface area contributed by atoms with Gasteiger partial charge in [0, 0.05) is 26.6 Å². The van der Waals surface area contributed by atoms with Crippen LogP contribution in [-0.4, -0.2) is 38.9 Å². The number of halogens is 1. The Morgan fingerprint density at radius 1 is 1.33 bits per heavy atom. The van der Waals surface area contributed by atoms with E-state index in [1.54, 1.807) is 4.90 Å². The zero-order valence-corrected chi connectivity index (χ0v) is 13.3. The molecule has 0 aliphatic rings.